The van der Waals surface area contributed by atoms with E-state index in [1.807, 2.05) is 19.9 Å². The van der Waals surface area contributed by atoms with Crippen LogP contribution in [0.5, 0.6) is 0 Å². The fraction of sp³-hybridized carbons (Fsp3) is 0.357. The summed E-state index contributed by atoms with van der Waals surface area (Å²) in [6.45, 7) is 4.80. The predicted molar refractivity (Wildman–Crippen MR) is 75.7 cm³/mol. The Morgan fingerprint density at radius 1 is 1.38 bits per heavy atom. The lowest BCUT2D eigenvalue weighted by molar-refractivity contribution is -0.137. The quantitative estimate of drug-likeness (QED) is 0.915. The highest BCUT2D eigenvalue weighted by Gasteiger charge is 2.32. The first-order valence-electron chi connectivity index (χ1n) is 6.48. The van der Waals surface area contributed by atoms with Crippen LogP contribution in [0.2, 0.25) is 5.02 Å². The van der Waals surface area contributed by atoms with Gasteiger partial charge in [0.1, 0.15) is 0 Å². The summed E-state index contributed by atoms with van der Waals surface area (Å²) in [5.74, 6) is 0. The molecule has 1 N–H and O–H groups in total. The third kappa shape index (κ3) is 3.57. The number of hydrogen-bond donors (Lipinski definition) is 1. The Kier molecular flexibility index (Phi) is 4.58. The van der Waals surface area contributed by atoms with Gasteiger partial charge in [-0.1, -0.05) is 24.6 Å². The Morgan fingerprint density at radius 3 is 2.62 bits per heavy atom. The smallest absolute Gasteiger partial charge is 0.310 e. The van der Waals surface area contributed by atoms with Crippen molar-refractivity contribution in [2.45, 2.75) is 26.1 Å². The molecule has 0 spiro atoms. The van der Waals surface area contributed by atoms with Gasteiger partial charge in [0.25, 0.3) is 0 Å². The average Bonchev–Trinajstić information content (AvgIpc) is 2.88. The molecule has 1 atom stereocenters. The van der Waals surface area contributed by atoms with Crippen LogP contribution in [0, 0.1) is 0 Å². The van der Waals surface area contributed by atoms with Gasteiger partial charge in [-0.3, -0.25) is 0 Å². The first kappa shape index (κ1) is 15.9. The molecule has 0 saturated carbocycles. The molecular formula is C14H15ClF3N3. The van der Waals surface area contributed by atoms with Crippen LogP contribution in [0.1, 0.15) is 31.0 Å². The molecule has 1 aromatic carbocycles. The molecule has 2 aromatic rings. The summed E-state index contributed by atoms with van der Waals surface area (Å²) in [7, 11) is 0. The van der Waals surface area contributed by atoms with Crippen LogP contribution < -0.4 is 5.32 Å². The number of aromatic nitrogens is 2. The van der Waals surface area contributed by atoms with Gasteiger partial charge in [-0.15, -0.1) is 0 Å². The van der Waals surface area contributed by atoms with Crippen molar-refractivity contribution in [3.63, 3.8) is 0 Å². The van der Waals surface area contributed by atoms with E-state index in [4.69, 9.17) is 11.6 Å². The van der Waals surface area contributed by atoms with Crippen molar-refractivity contribution in [3.05, 3.63) is 46.7 Å². The van der Waals surface area contributed by atoms with Gasteiger partial charge in [-0.25, -0.2) is 4.68 Å². The Morgan fingerprint density at radius 2 is 2.10 bits per heavy atom. The number of hydrogen-bond acceptors (Lipinski definition) is 2. The molecule has 1 aromatic heterocycles. The molecule has 0 amide bonds. The van der Waals surface area contributed by atoms with E-state index in [0.29, 0.717) is 10.7 Å². The van der Waals surface area contributed by atoms with E-state index in [0.717, 1.165) is 29.2 Å². The lowest BCUT2D eigenvalue weighted by Crippen LogP contribution is -2.17. The van der Waals surface area contributed by atoms with E-state index in [9.17, 15) is 13.2 Å². The van der Waals surface area contributed by atoms with Crippen molar-refractivity contribution in [3.8, 4) is 5.69 Å². The van der Waals surface area contributed by atoms with Gasteiger partial charge in [0.15, 0.2) is 0 Å². The zero-order valence-electron chi connectivity index (χ0n) is 11.6. The van der Waals surface area contributed by atoms with Crippen molar-refractivity contribution in [1.29, 1.82) is 0 Å². The predicted octanol–water partition coefficient (Wildman–Crippen LogP) is 4.22. The second-order valence-electron chi connectivity index (χ2n) is 4.66. The van der Waals surface area contributed by atoms with Crippen molar-refractivity contribution in [2.75, 3.05) is 6.54 Å². The maximum Gasteiger partial charge on any atom is 0.419 e. The van der Waals surface area contributed by atoms with E-state index in [2.05, 4.69) is 10.4 Å². The van der Waals surface area contributed by atoms with Crippen LogP contribution >= 0.6 is 11.6 Å². The highest BCUT2D eigenvalue weighted by atomic mass is 35.5. The van der Waals surface area contributed by atoms with Gasteiger partial charge < -0.3 is 5.32 Å². The number of nitrogens with one attached hydrogen (secondary N) is 1. The van der Waals surface area contributed by atoms with Crippen molar-refractivity contribution in [2.24, 2.45) is 0 Å². The summed E-state index contributed by atoms with van der Waals surface area (Å²) in [5.41, 5.74) is 0.581. The number of rotatable bonds is 4. The van der Waals surface area contributed by atoms with E-state index in [1.54, 1.807) is 12.1 Å². The number of halogens is 4. The summed E-state index contributed by atoms with van der Waals surface area (Å²) in [5, 5.41) is 7.32. The lowest BCUT2D eigenvalue weighted by Gasteiger charge is -2.14. The molecule has 3 nitrogen and oxygen atoms in total. The highest BCUT2D eigenvalue weighted by molar-refractivity contribution is 6.32. The maximum absolute atomic E-state index is 12.6. The highest BCUT2D eigenvalue weighted by Crippen LogP contribution is 2.30. The molecular weight excluding hydrogens is 303 g/mol. The Bertz CT molecular complexity index is 622. The zero-order valence-corrected chi connectivity index (χ0v) is 12.3. The summed E-state index contributed by atoms with van der Waals surface area (Å²) < 4.78 is 38.9. The minimum atomic E-state index is -4.41. The molecule has 0 saturated heterocycles. The normalized spacial score (nSPS) is 13.4. The Labute approximate surface area is 125 Å². The monoisotopic (exact) mass is 317 g/mol. The molecule has 7 heteroatoms. The van der Waals surface area contributed by atoms with Gasteiger partial charge in [-0.05, 0) is 31.2 Å². The first-order chi connectivity index (χ1) is 9.82. The van der Waals surface area contributed by atoms with Gasteiger partial charge in [-0.2, -0.15) is 18.3 Å². The third-order valence-electron chi connectivity index (χ3n) is 3.14. The van der Waals surface area contributed by atoms with Crippen LogP contribution in [0.4, 0.5) is 13.2 Å². The van der Waals surface area contributed by atoms with Crippen LogP contribution in [0.25, 0.3) is 5.69 Å². The van der Waals surface area contributed by atoms with Gasteiger partial charge in [0.05, 0.1) is 22.5 Å². The molecule has 1 heterocycles. The minimum Gasteiger partial charge on any atom is -0.310 e. The van der Waals surface area contributed by atoms with Crippen LogP contribution in [-0.2, 0) is 6.18 Å². The standard InChI is InChI=1S/C14H15ClF3N3/c1-3-19-9(2)10-4-5-13(12(15)6-10)21-8-11(7-20-21)14(16,17)18/h4-9,19H,3H2,1-2H3. The van der Waals surface area contributed by atoms with E-state index in [1.165, 1.54) is 0 Å². The summed E-state index contributed by atoms with van der Waals surface area (Å²) in [6.07, 6.45) is -2.70. The molecule has 1 unspecified atom stereocenters. The summed E-state index contributed by atoms with van der Waals surface area (Å²) in [6, 6.07) is 5.34. The van der Waals surface area contributed by atoms with Gasteiger partial charge in [0.2, 0.25) is 0 Å². The summed E-state index contributed by atoms with van der Waals surface area (Å²) >= 11 is 6.16. The molecule has 114 valence electrons. The molecule has 0 aliphatic carbocycles. The maximum atomic E-state index is 12.6. The molecule has 0 aliphatic heterocycles. The fourth-order valence-corrected chi connectivity index (χ4v) is 2.28. The number of alkyl halides is 3. The van der Waals surface area contributed by atoms with Crippen molar-refractivity contribution in [1.82, 2.24) is 15.1 Å². The molecule has 2 rings (SSSR count). The van der Waals surface area contributed by atoms with Crippen molar-refractivity contribution < 1.29 is 13.2 Å². The minimum absolute atomic E-state index is 0.116. The second-order valence-corrected chi connectivity index (χ2v) is 5.07. The molecule has 0 aliphatic rings. The van der Waals surface area contributed by atoms with Crippen LogP contribution in [-0.4, -0.2) is 16.3 Å². The number of benzene rings is 1. The average molecular weight is 318 g/mol. The number of nitrogens with zero attached hydrogens (tertiary/aromatic N) is 2. The topological polar surface area (TPSA) is 29.9 Å². The zero-order chi connectivity index (χ0) is 15.6. The Hall–Kier alpha value is -1.53. The molecule has 0 radical (unpaired) electrons. The third-order valence-corrected chi connectivity index (χ3v) is 3.44. The second kappa shape index (κ2) is 6.07. The van der Waals surface area contributed by atoms with E-state index >= 15 is 0 Å². The fourth-order valence-electron chi connectivity index (χ4n) is 2.00. The largest absolute Gasteiger partial charge is 0.419 e. The van der Waals surface area contributed by atoms with Crippen LogP contribution in [0.3, 0.4) is 0 Å². The van der Waals surface area contributed by atoms with Gasteiger partial charge in [0, 0.05) is 12.2 Å². The SMILES string of the molecule is CCNC(C)c1ccc(-n2cc(C(F)(F)F)cn2)c(Cl)c1. The summed E-state index contributed by atoms with van der Waals surface area (Å²) in [4.78, 5) is 0. The van der Waals surface area contributed by atoms with Gasteiger partial charge >= 0.3 is 6.18 Å². The van der Waals surface area contributed by atoms with Crippen molar-refractivity contribution >= 4 is 11.6 Å². The molecule has 0 fully saturated rings. The first-order valence-corrected chi connectivity index (χ1v) is 6.85. The lowest BCUT2D eigenvalue weighted by atomic mass is 10.1. The Balaban J connectivity index is 2.31. The van der Waals surface area contributed by atoms with Crippen LogP contribution in [0.15, 0.2) is 30.6 Å². The molecule has 0 bridgehead atoms. The van der Waals surface area contributed by atoms with E-state index in [-0.39, 0.29) is 6.04 Å². The van der Waals surface area contributed by atoms with E-state index < -0.39 is 11.7 Å². The molecule has 21 heavy (non-hydrogen) atoms.